The minimum absolute atomic E-state index is 0.0788. The number of hydrogen-bond donors (Lipinski definition) is 2. The van der Waals surface area contributed by atoms with Crippen LogP contribution in [0.3, 0.4) is 0 Å². The van der Waals surface area contributed by atoms with Gasteiger partial charge in [-0.15, -0.1) is 11.3 Å². The van der Waals surface area contributed by atoms with Gasteiger partial charge in [0.25, 0.3) is 5.91 Å². The highest BCUT2D eigenvalue weighted by Crippen LogP contribution is 2.37. The van der Waals surface area contributed by atoms with Gasteiger partial charge < -0.3 is 20.7 Å². The van der Waals surface area contributed by atoms with Crippen LogP contribution in [0.2, 0.25) is 5.02 Å². The first kappa shape index (κ1) is 20.2. The lowest BCUT2D eigenvalue weighted by Gasteiger charge is -2.26. The molecular formula is C19H20ClN3O4S. The zero-order valence-electron chi connectivity index (χ0n) is 15.3. The van der Waals surface area contributed by atoms with Crippen molar-refractivity contribution in [2.75, 3.05) is 18.5 Å². The van der Waals surface area contributed by atoms with Crippen molar-refractivity contribution in [2.45, 2.75) is 26.3 Å². The van der Waals surface area contributed by atoms with Crippen LogP contribution in [0.15, 0.2) is 24.3 Å². The van der Waals surface area contributed by atoms with Crippen LogP contribution in [0, 0.1) is 0 Å². The van der Waals surface area contributed by atoms with Gasteiger partial charge in [0.05, 0.1) is 25.1 Å². The zero-order chi connectivity index (χ0) is 20.3. The number of anilines is 1. The van der Waals surface area contributed by atoms with Gasteiger partial charge in [-0.3, -0.25) is 9.59 Å². The molecule has 3 amide bonds. The van der Waals surface area contributed by atoms with E-state index in [2.05, 4.69) is 5.32 Å². The first-order valence-electron chi connectivity index (χ1n) is 8.80. The van der Waals surface area contributed by atoms with E-state index in [9.17, 15) is 14.4 Å². The Kier molecular flexibility index (Phi) is 6.21. The number of nitrogens with two attached hydrogens (primary N) is 1. The molecule has 2 aromatic rings. The lowest BCUT2D eigenvalue weighted by atomic mass is 10.0. The number of carbonyl (C=O) groups is 3. The second-order valence-electron chi connectivity index (χ2n) is 6.26. The molecular weight excluding hydrogens is 402 g/mol. The van der Waals surface area contributed by atoms with Gasteiger partial charge in [0.15, 0.2) is 0 Å². The summed E-state index contributed by atoms with van der Waals surface area (Å²) in [6, 6.07) is 7.08. The van der Waals surface area contributed by atoms with Crippen molar-refractivity contribution in [1.29, 1.82) is 0 Å². The Morgan fingerprint density at radius 1 is 1.32 bits per heavy atom. The highest BCUT2D eigenvalue weighted by molar-refractivity contribution is 7.17. The van der Waals surface area contributed by atoms with Gasteiger partial charge in [-0.05, 0) is 30.5 Å². The van der Waals surface area contributed by atoms with Gasteiger partial charge in [-0.2, -0.15) is 0 Å². The second-order valence-corrected chi connectivity index (χ2v) is 7.77. The average molecular weight is 422 g/mol. The van der Waals surface area contributed by atoms with Gasteiger partial charge in [0.2, 0.25) is 5.91 Å². The Morgan fingerprint density at radius 3 is 2.75 bits per heavy atom. The predicted molar refractivity (Wildman–Crippen MR) is 108 cm³/mol. The number of carbonyl (C=O) groups excluding carboxylic acids is 3. The van der Waals surface area contributed by atoms with Crippen molar-refractivity contribution in [3.05, 3.63) is 50.9 Å². The molecule has 2 heterocycles. The van der Waals surface area contributed by atoms with E-state index in [1.807, 2.05) is 0 Å². The molecule has 0 bridgehead atoms. The van der Waals surface area contributed by atoms with Crippen molar-refractivity contribution in [3.8, 4) is 0 Å². The lowest BCUT2D eigenvalue weighted by Crippen LogP contribution is -2.36. The molecule has 0 fully saturated rings. The number of nitrogens with one attached hydrogen (secondary N) is 1. The van der Waals surface area contributed by atoms with E-state index < -0.39 is 12.0 Å². The fraction of sp³-hybridized carbons (Fsp3) is 0.316. The van der Waals surface area contributed by atoms with Crippen LogP contribution in [0.5, 0.6) is 0 Å². The molecule has 3 rings (SSSR count). The minimum atomic E-state index is -0.602. The third-order valence-electron chi connectivity index (χ3n) is 4.39. The number of nitrogens with zero attached hydrogens (tertiary/aromatic N) is 1. The van der Waals surface area contributed by atoms with Gasteiger partial charge in [-0.25, -0.2) is 4.79 Å². The van der Waals surface area contributed by atoms with E-state index in [4.69, 9.17) is 22.1 Å². The van der Waals surface area contributed by atoms with Crippen molar-refractivity contribution < 1.29 is 19.1 Å². The van der Waals surface area contributed by atoms with Crippen LogP contribution < -0.4 is 11.1 Å². The molecule has 7 nitrogen and oxygen atoms in total. The van der Waals surface area contributed by atoms with Crippen LogP contribution in [-0.4, -0.2) is 36.0 Å². The topological polar surface area (TPSA) is 102 Å². The third-order valence-corrected chi connectivity index (χ3v) is 5.89. The molecule has 0 saturated carbocycles. The number of ether oxygens (including phenoxy) is 1. The van der Waals surface area contributed by atoms with Crippen LogP contribution in [0.4, 0.5) is 9.80 Å². The molecule has 1 aromatic carbocycles. The molecule has 1 aliphatic rings. The summed E-state index contributed by atoms with van der Waals surface area (Å²) in [6.07, 6.45) is 0.157. The molecule has 1 aromatic heterocycles. The Bertz CT molecular complexity index is 928. The number of primary amides is 1. The molecule has 0 aliphatic carbocycles. The predicted octanol–water partition coefficient (Wildman–Crippen LogP) is 3.20. The quantitative estimate of drug-likeness (QED) is 0.773. The van der Waals surface area contributed by atoms with Crippen molar-refractivity contribution in [2.24, 2.45) is 5.73 Å². The monoisotopic (exact) mass is 421 g/mol. The number of thiophene rings is 1. The maximum Gasteiger partial charge on any atom is 0.410 e. The van der Waals surface area contributed by atoms with Gasteiger partial charge in [-0.1, -0.05) is 29.8 Å². The van der Waals surface area contributed by atoms with Gasteiger partial charge in [0.1, 0.15) is 5.00 Å². The van der Waals surface area contributed by atoms with Crippen LogP contribution in [0.1, 0.15) is 33.3 Å². The summed E-state index contributed by atoms with van der Waals surface area (Å²) in [5, 5.41) is 3.69. The smallest absolute Gasteiger partial charge is 0.410 e. The molecule has 3 N–H and O–H groups in total. The lowest BCUT2D eigenvalue weighted by molar-refractivity contribution is -0.115. The summed E-state index contributed by atoms with van der Waals surface area (Å²) < 4.78 is 5.04. The van der Waals surface area contributed by atoms with Crippen LogP contribution in [-0.2, 0) is 28.9 Å². The number of rotatable bonds is 5. The summed E-state index contributed by atoms with van der Waals surface area (Å²) in [5.74, 6) is -0.897. The van der Waals surface area contributed by atoms with Gasteiger partial charge >= 0.3 is 6.09 Å². The van der Waals surface area contributed by atoms with Crippen molar-refractivity contribution in [1.82, 2.24) is 4.90 Å². The van der Waals surface area contributed by atoms with E-state index in [-0.39, 0.29) is 12.3 Å². The molecule has 0 unspecified atom stereocenters. The Hall–Kier alpha value is -2.58. The fourth-order valence-electron chi connectivity index (χ4n) is 3.11. The summed E-state index contributed by atoms with van der Waals surface area (Å²) >= 11 is 7.36. The number of halogens is 1. The highest BCUT2D eigenvalue weighted by atomic mass is 35.5. The summed E-state index contributed by atoms with van der Waals surface area (Å²) in [7, 11) is 0. The fourth-order valence-corrected chi connectivity index (χ4v) is 4.60. The maximum atomic E-state index is 12.5. The van der Waals surface area contributed by atoms with Crippen LogP contribution >= 0.6 is 22.9 Å². The normalized spacial score (nSPS) is 13.0. The second kappa shape index (κ2) is 8.62. The molecule has 9 heteroatoms. The number of amides is 3. The SMILES string of the molecule is CCOC(=O)N1CCc2c(sc(NC(=O)Cc3ccccc3Cl)c2C(N)=O)C1. The number of hydrogen-bond acceptors (Lipinski definition) is 5. The Morgan fingerprint density at radius 2 is 2.07 bits per heavy atom. The summed E-state index contributed by atoms with van der Waals surface area (Å²) in [5.41, 5.74) is 7.36. The molecule has 0 radical (unpaired) electrons. The molecule has 148 valence electrons. The van der Waals surface area contributed by atoms with E-state index in [1.165, 1.54) is 11.3 Å². The van der Waals surface area contributed by atoms with Gasteiger partial charge in [0, 0.05) is 16.4 Å². The molecule has 1 aliphatic heterocycles. The first-order chi connectivity index (χ1) is 13.4. The third kappa shape index (κ3) is 4.28. The van der Waals surface area contributed by atoms with E-state index >= 15 is 0 Å². The largest absolute Gasteiger partial charge is 0.450 e. The Balaban J connectivity index is 1.80. The van der Waals surface area contributed by atoms with Crippen molar-refractivity contribution in [3.63, 3.8) is 0 Å². The molecule has 28 heavy (non-hydrogen) atoms. The van der Waals surface area contributed by atoms with E-state index in [0.29, 0.717) is 47.3 Å². The maximum absolute atomic E-state index is 12.5. The zero-order valence-corrected chi connectivity index (χ0v) is 16.9. The minimum Gasteiger partial charge on any atom is -0.450 e. The highest BCUT2D eigenvalue weighted by Gasteiger charge is 2.30. The first-order valence-corrected chi connectivity index (χ1v) is 9.99. The molecule has 0 atom stereocenters. The number of benzene rings is 1. The standard InChI is InChI=1S/C19H20ClN3O4S/c1-2-27-19(26)23-8-7-12-14(10-23)28-18(16(12)17(21)25)22-15(24)9-11-5-3-4-6-13(11)20/h3-6H,2,7-10H2,1H3,(H2,21,25)(H,22,24). The molecule has 0 spiro atoms. The van der Waals surface area contributed by atoms with Crippen molar-refractivity contribution >= 4 is 45.8 Å². The average Bonchev–Trinajstić information content (AvgIpc) is 3.00. The summed E-state index contributed by atoms with van der Waals surface area (Å²) in [6.45, 7) is 2.79. The molecule has 0 saturated heterocycles. The van der Waals surface area contributed by atoms with E-state index in [0.717, 1.165) is 10.4 Å². The van der Waals surface area contributed by atoms with Crippen LogP contribution in [0.25, 0.3) is 0 Å². The Labute approximate surface area is 171 Å². The van der Waals surface area contributed by atoms with E-state index in [1.54, 1.807) is 36.1 Å². The number of fused-ring (bicyclic) bond motifs is 1. The summed E-state index contributed by atoms with van der Waals surface area (Å²) in [4.78, 5) is 38.9.